The number of benzene rings is 2. The van der Waals surface area contributed by atoms with E-state index in [0.717, 1.165) is 15.8 Å². The zero-order valence-corrected chi connectivity index (χ0v) is 14.6. The van der Waals surface area contributed by atoms with Gasteiger partial charge in [-0.3, -0.25) is 4.79 Å². The Hall–Kier alpha value is -3.22. The van der Waals surface area contributed by atoms with Gasteiger partial charge in [-0.25, -0.2) is 9.18 Å². The van der Waals surface area contributed by atoms with Crippen molar-refractivity contribution in [2.75, 3.05) is 5.32 Å². The van der Waals surface area contributed by atoms with Crippen LogP contribution in [-0.4, -0.2) is 15.7 Å². The third-order valence-corrected chi connectivity index (χ3v) is 4.05. The zero-order valence-electron chi connectivity index (χ0n) is 14.6. The van der Waals surface area contributed by atoms with Crippen LogP contribution in [0.1, 0.15) is 24.1 Å². The number of amides is 1. The van der Waals surface area contributed by atoms with E-state index in [9.17, 15) is 14.0 Å². The van der Waals surface area contributed by atoms with Crippen LogP contribution in [0.25, 0.3) is 11.5 Å². The SMILES string of the molecule is Cc1ccc(NC(=O)[C@H](C)n2nc(-c3ccc(F)cc3)oc2=O)c(C)c1. The molecular weight excluding hydrogens is 337 g/mol. The van der Waals surface area contributed by atoms with Crippen LogP contribution in [0.5, 0.6) is 0 Å². The Balaban J connectivity index is 1.83. The van der Waals surface area contributed by atoms with Gasteiger partial charge < -0.3 is 9.73 Å². The smallest absolute Gasteiger partial charge is 0.388 e. The van der Waals surface area contributed by atoms with Crippen molar-refractivity contribution in [3.63, 3.8) is 0 Å². The zero-order chi connectivity index (χ0) is 18.8. The molecule has 0 aliphatic heterocycles. The van der Waals surface area contributed by atoms with E-state index in [-0.39, 0.29) is 5.89 Å². The van der Waals surface area contributed by atoms with E-state index in [4.69, 9.17) is 4.42 Å². The highest BCUT2D eigenvalue weighted by Gasteiger charge is 2.22. The van der Waals surface area contributed by atoms with Gasteiger partial charge in [0.25, 0.3) is 0 Å². The number of carbonyl (C=O) groups excluding carboxylic acids is 1. The molecule has 2 aromatic carbocycles. The molecule has 0 aliphatic carbocycles. The quantitative estimate of drug-likeness (QED) is 0.777. The van der Waals surface area contributed by atoms with Gasteiger partial charge in [-0.2, -0.15) is 4.68 Å². The number of carbonyl (C=O) groups is 1. The van der Waals surface area contributed by atoms with Crippen LogP contribution in [0.3, 0.4) is 0 Å². The highest BCUT2D eigenvalue weighted by molar-refractivity contribution is 5.94. The Morgan fingerprint density at radius 3 is 2.54 bits per heavy atom. The number of nitrogens with zero attached hydrogens (tertiary/aromatic N) is 2. The van der Waals surface area contributed by atoms with E-state index in [1.165, 1.54) is 24.3 Å². The van der Waals surface area contributed by atoms with Crippen LogP contribution in [0.15, 0.2) is 51.7 Å². The number of aryl methyl sites for hydroxylation is 2. The molecular formula is C19H18FN3O3. The lowest BCUT2D eigenvalue weighted by Crippen LogP contribution is -2.30. The molecule has 1 N–H and O–H groups in total. The number of hydrogen-bond donors (Lipinski definition) is 1. The van der Waals surface area contributed by atoms with Crippen LogP contribution in [0.2, 0.25) is 0 Å². The molecule has 0 bridgehead atoms. The fraction of sp³-hybridized carbons (Fsp3) is 0.211. The maximum absolute atomic E-state index is 13.0. The lowest BCUT2D eigenvalue weighted by Gasteiger charge is -2.13. The van der Waals surface area contributed by atoms with Gasteiger partial charge in [0.15, 0.2) is 0 Å². The Kier molecular flexibility index (Phi) is 4.71. The highest BCUT2D eigenvalue weighted by Crippen LogP contribution is 2.19. The molecule has 1 heterocycles. The number of aromatic nitrogens is 2. The molecule has 3 aromatic rings. The van der Waals surface area contributed by atoms with E-state index in [0.29, 0.717) is 11.3 Å². The lowest BCUT2D eigenvalue weighted by atomic mass is 10.1. The second kappa shape index (κ2) is 6.95. The maximum atomic E-state index is 13.0. The summed E-state index contributed by atoms with van der Waals surface area (Å²) in [5.74, 6) is -1.52. The summed E-state index contributed by atoms with van der Waals surface area (Å²) >= 11 is 0. The van der Waals surface area contributed by atoms with Crippen LogP contribution >= 0.6 is 0 Å². The first-order valence-corrected chi connectivity index (χ1v) is 8.09. The standard InChI is InChI=1S/C19H18FN3O3/c1-11-4-9-16(12(2)10-11)21-17(24)13(3)23-19(25)26-18(22-23)14-5-7-15(20)8-6-14/h4-10,13H,1-3H3,(H,21,24)/t13-/m0/s1. The van der Waals surface area contributed by atoms with E-state index in [2.05, 4.69) is 10.4 Å². The van der Waals surface area contributed by atoms with Crippen molar-refractivity contribution >= 4 is 11.6 Å². The minimum atomic E-state index is -0.874. The van der Waals surface area contributed by atoms with Crippen molar-refractivity contribution in [2.45, 2.75) is 26.8 Å². The van der Waals surface area contributed by atoms with Crippen molar-refractivity contribution in [2.24, 2.45) is 0 Å². The first-order valence-electron chi connectivity index (χ1n) is 8.09. The summed E-state index contributed by atoms with van der Waals surface area (Å²) in [6.45, 7) is 5.41. The van der Waals surface area contributed by atoms with Gasteiger partial charge in [0, 0.05) is 11.3 Å². The monoisotopic (exact) mass is 355 g/mol. The van der Waals surface area contributed by atoms with Gasteiger partial charge in [0.2, 0.25) is 11.8 Å². The molecule has 26 heavy (non-hydrogen) atoms. The summed E-state index contributed by atoms with van der Waals surface area (Å²) in [4.78, 5) is 24.6. The summed E-state index contributed by atoms with van der Waals surface area (Å²) in [5.41, 5.74) is 3.13. The largest absolute Gasteiger partial charge is 0.438 e. The maximum Gasteiger partial charge on any atom is 0.438 e. The van der Waals surface area contributed by atoms with E-state index >= 15 is 0 Å². The van der Waals surface area contributed by atoms with Crippen LogP contribution in [-0.2, 0) is 4.79 Å². The number of rotatable bonds is 4. The molecule has 0 spiro atoms. The van der Waals surface area contributed by atoms with Crippen molar-refractivity contribution in [1.82, 2.24) is 9.78 Å². The van der Waals surface area contributed by atoms with Crippen molar-refractivity contribution < 1.29 is 13.6 Å². The molecule has 7 heteroatoms. The summed E-state index contributed by atoms with van der Waals surface area (Å²) in [6.07, 6.45) is 0. The minimum absolute atomic E-state index is 0.0289. The van der Waals surface area contributed by atoms with E-state index < -0.39 is 23.5 Å². The first kappa shape index (κ1) is 17.6. The average Bonchev–Trinajstić information content (AvgIpc) is 2.99. The highest BCUT2D eigenvalue weighted by atomic mass is 19.1. The van der Waals surface area contributed by atoms with Crippen LogP contribution < -0.4 is 11.1 Å². The van der Waals surface area contributed by atoms with Crippen molar-refractivity contribution in [3.05, 3.63) is 70.0 Å². The molecule has 6 nitrogen and oxygen atoms in total. The summed E-state index contributed by atoms with van der Waals surface area (Å²) < 4.78 is 19.1. The normalized spacial score (nSPS) is 12.0. The van der Waals surface area contributed by atoms with Crippen molar-refractivity contribution in [1.29, 1.82) is 0 Å². The van der Waals surface area contributed by atoms with Gasteiger partial charge in [-0.05, 0) is 56.7 Å². The second-order valence-corrected chi connectivity index (χ2v) is 6.11. The predicted octanol–water partition coefficient (Wildman–Crippen LogP) is 3.46. The molecule has 0 fully saturated rings. The molecule has 1 atom stereocenters. The van der Waals surface area contributed by atoms with Gasteiger partial charge in [-0.15, -0.1) is 5.10 Å². The van der Waals surface area contributed by atoms with E-state index in [1.807, 2.05) is 32.0 Å². The third-order valence-electron chi connectivity index (χ3n) is 4.05. The summed E-state index contributed by atoms with van der Waals surface area (Å²) in [6, 6.07) is 10.2. The molecule has 0 aliphatic rings. The molecule has 0 saturated heterocycles. The Bertz CT molecular complexity index is 1010. The average molecular weight is 355 g/mol. The fourth-order valence-corrected chi connectivity index (χ4v) is 2.54. The molecule has 0 radical (unpaired) electrons. The summed E-state index contributed by atoms with van der Waals surface area (Å²) in [5, 5.41) is 6.85. The molecule has 0 unspecified atom stereocenters. The topological polar surface area (TPSA) is 77.1 Å². The number of anilines is 1. The predicted molar refractivity (Wildman–Crippen MR) is 95.4 cm³/mol. The van der Waals surface area contributed by atoms with E-state index in [1.54, 1.807) is 6.92 Å². The van der Waals surface area contributed by atoms with Gasteiger partial charge in [0.05, 0.1) is 0 Å². The Morgan fingerprint density at radius 2 is 1.88 bits per heavy atom. The number of halogens is 1. The molecule has 3 rings (SSSR count). The van der Waals surface area contributed by atoms with Crippen LogP contribution in [0.4, 0.5) is 10.1 Å². The van der Waals surface area contributed by atoms with Crippen molar-refractivity contribution in [3.8, 4) is 11.5 Å². The van der Waals surface area contributed by atoms with Gasteiger partial charge in [-0.1, -0.05) is 17.7 Å². The number of nitrogens with one attached hydrogen (secondary N) is 1. The molecule has 0 saturated carbocycles. The molecule has 1 amide bonds. The minimum Gasteiger partial charge on any atom is -0.388 e. The first-order chi connectivity index (χ1) is 12.3. The Labute approximate surface area is 149 Å². The molecule has 134 valence electrons. The van der Waals surface area contributed by atoms with Gasteiger partial charge >= 0.3 is 5.76 Å². The molecule has 1 aromatic heterocycles. The Morgan fingerprint density at radius 1 is 1.19 bits per heavy atom. The van der Waals surface area contributed by atoms with Crippen LogP contribution in [0, 0.1) is 19.7 Å². The lowest BCUT2D eigenvalue weighted by molar-refractivity contribution is -0.119. The summed E-state index contributed by atoms with van der Waals surface area (Å²) in [7, 11) is 0. The number of hydrogen-bond acceptors (Lipinski definition) is 4. The van der Waals surface area contributed by atoms with Gasteiger partial charge in [0.1, 0.15) is 11.9 Å². The fourth-order valence-electron chi connectivity index (χ4n) is 2.54. The third kappa shape index (κ3) is 3.56. The second-order valence-electron chi connectivity index (χ2n) is 6.11.